The predicted octanol–water partition coefficient (Wildman–Crippen LogP) is 6.49. The van der Waals surface area contributed by atoms with E-state index in [9.17, 15) is 43.5 Å². The molecule has 26 nitrogen and oxygen atoms in total. The molecule has 2 fully saturated rings. The lowest BCUT2D eigenvalue weighted by atomic mass is 10.0. The number of nitrogens with one attached hydrogen (secondary N) is 6. The van der Waals surface area contributed by atoms with Crippen LogP contribution in [-0.4, -0.2) is 165 Å². The molecule has 5 aliphatic heterocycles. The zero-order valence-electron chi connectivity index (χ0n) is 57.7. The van der Waals surface area contributed by atoms with Crippen LogP contribution in [0, 0.1) is 23.2 Å². The van der Waals surface area contributed by atoms with Gasteiger partial charge in [0, 0.05) is 79.8 Å². The smallest absolute Gasteiger partial charge is 0.260 e. The quantitative estimate of drug-likeness (QED) is 0.0214. The number of ether oxygens (including phenoxy) is 6. The minimum absolute atomic E-state index is 0.0300. The van der Waals surface area contributed by atoms with Crippen LogP contribution in [0.4, 0.5) is 22.7 Å². The van der Waals surface area contributed by atoms with E-state index < -0.39 is 72.9 Å². The van der Waals surface area contributed by atoms with Gasteiger partial charge in [0.1, 0.15) is 25.0 Å². The maximum Gasteiger partial charge on any atom is 0.260 e. The van der Waals surface area contributed by atoms with E-state index >= 15 is 0 Å². The van der Waals surface area contributed by atoms with Gasteiger partial charge in [-0.25, -0.2) is 4.98 Å². The third-order valence-electron chi connectivity index (χ3n) is 19.2. The summed E-state index contributed by atoms with van der Waals surface area (Å²) in [6, 6.07) is 29.5. The summed E-state index contributed by atoms with van der Waals surface area (Å²) in [6.45, 7) is 5.64. The first-order valence-electron chi connectivity index (χ1n) is 34.1. The second-order valence-electron chi connectivity index (χ2n) is 26.5. The van der Waals surface area contributed by atoms with E-state index in [0.717, 1.165) is 40.7 Å². The van der Waals surface area contributed by atoms with E-state index in [1.807, 2.05) is 60.8 Å². The summed E-state index contributed by atoms with van der Waals surface area (Å²) in [5.41, 5.74) is 7.84. The number of carbonyl (C=O) groups is 8. The summed E-state index contributed by atoms with van der Waals surface area (Å²) >= 11 is 0. The Bertz CT molecular complexity index is 4300. The number of hydrogen-bond donors (Lipinski definition) is 7. The van der Waals surface area contributed by atoms with Crippen LogP contribution >= 0.6 is 0 Å². The van der Waals surface area contributed by atoms with Crippen LogP contribution in [0.3, 0.4) is 0 Å². The number of fused-ring (bicyclic) bond motifs is 6. The van der Waals surface area contributed by atoms with Gasteiger partial charge >= 0.3 is 0 Å². The van der Waals surface area contributed by atoms with Crippen LogP contribution < -0.4 is 65.4 Å². The lowest BCUT2D eigenvalue weighted by Gasteiger charge is -2.33. The fraction of sp³-hybridized carbons (Fsp3) is 0.382. The SMILES string of the molecule is COc1ccc(C2=CN3C(=O)c4cc(OC)c(OCCCOc5cc6c(cc5OC)C(=O)N5CC7(CC7)C[C@H]5C(O)N6COCc5ccc(NC(=O)[C@H](C)NC(=O)[C@@H](NC(=O)CNC(=O)CNC(=O)CCC(=O)N6Cc7ccccc7C#Cc7ccccc76)C(C)C)cc5)cc4NC[C@@H]3C2)cn1. The van der Waals surface area contributed by atoms with Gasteiger partial charge in [0.2, 0.25) is 41.3 Å². The third kappa shape index (κ3) is 16.0. The lowest BCUT2D eigenvalue weighted by molar-refractivity contribution is -0.132. The van der Waals surface area contributed by atoms with E-state index in [0.29, 0.717) is 101 Å². The summed E-state index contributed by atoms with van der Waals surface area (Å²) < 4.78 is 35.7. The minimum Gasteiger partial charge on any atom is -0.493 e. The molecule has 0 bridgehead atoms. The highest BCUT2D eigenvalue weighted by Crippen LogP contribution is 2.57. The molecule has 1 spiro atoms. The number of carbonyl (C=O) groups excluding carboxylic acids is 8. The second-order valence-corrected chi connectivity index (χ2v) is 26.5. The van der Waals surface area contributed by atoms with Crippen LogP contribution in [0.2, 0.25) is 0 Å². The van der Waals surface area contributed by atoms with Crippen LogP contribution in [0.15, 0.2) is 122 Å². The van der Waals surface area contributed by atoms with Gasteiger partial charge < -0.3 is 85.0 Å². The number of aromatic nitrogens is 1. The van der Waals surface area contributed by atoms with E-state index in [1.165, 1.54) is 21.1 Å². The van der Waals surface area contributed by atoms with Gasteiger partial charge in [0.25, 0.3) is 11.8 Å². The van der Waals surface area contributed by atoms with Gasteiger partial charge in [-0.15, -0.1) is 0 Å². The molecule has 1 saturated heterocycles. The number of pyridine rings is 1. The Morgan fingerprint density at radius 3 is 2.14 bits per heavy atom. The molecule has 7 N–H and O–H groups in total. The Kier molecular flexibility index (Phi) is 21.6. The molecule has 0 radical (unpaired) electrons. The molecule has 1 aliphatic carbocycles. The molecule has 8 amide bonds. The molecule has 5 aromatic carbocycles. The first-order valence-corrected chi connectivity index (χ1v) is 34.1. The third-order valence-corrected chi connectivity index (χ3v) is 19.2. The maximum atomic E-state index is 14.5. The van der Waals surface area contributed by atoms with Crippen molar-refractivity contribution in [3.05, 3.63) is 161 Å². The summed E-state index contributed by atoms with van der Waals surface area (Å²) in [5.74, 6) is 4.17. The standard InChI is InChI=1S/C76H83N11O15/c1-45(2)70(83-67(90)39-79-66(89)38-78-65(88)23-25-69(91)85-40-51-14-8-7-12-48(51)18-19-49-13-9-10-15-58(49)85)72(93)81-46(3)71(92)82-53-21-16-47(17-22-53)42-100-44-87-59-34-64(62(98-5)32-56(59)74(95)86-43-76(26-27-76)35-60(86)75(87)96)102-29-11-28-101-63-33-57-55(31-61(63)97-4)73(94)84-41-52(30-54(84)37-77-57)50-20-24-68(99-6)80-36-50/h7-10,12-17,20-22,24,31-34,36,41,45-46,54,60,70,75,77,96H,11,23,25-30,35,37-40,42-44H2,1-6H3,(H,78,88)(H,79,89)(H,81,93)(H,82,92)(H,83,90)/t46-,54-,60-,70-,75?/m0/s1. The van der Waals surface area contributed by atoms with Crippen molar-refractivity contribution < 1.29 is 71.9 Å². The van der Waals surface area contributed by atoms with Crippen molar-refractivity contribution in [1.82, 2.24) is 36.1 Å². The van der Waals surface area contributed by atoms with Crippen molar-refractivity contribution in [1.29, 1.82) is 0 Å². The number of para-hydroxylation sites is 1. The molecule has 5 atom stereocenters. The van der Waals surface area contributed by atoms with Gasteiger partial charge in [-0.1, -0.05) is 68.2 Å². The number of anilines is 4. The highest BCUT2D eigenvalue weighted by molar-refractivity contribution is 6.04. The highest BCUT2D eigenvalue weighted by Gasteiger charge is 2.57. The zero-order chi connectivity index (χ0) is 71.8. The molecule has 6 aromatic rings. The number of methoxy groups -OCH3 is 3. The minimum atomic E-state index is -1.13. The molecule has 1 unspecified atom stereocenters. The maximum absolute atomic E-state index is 14.5. The number of hydrogen-bond acceptors (Lipinski definition) is 18. The number of nitrogens with zero attached hydrogens (tertiary/aromatic N) is 5. The molecule has 6 aliphatic rings. The number of aliphatic hydroxyl groups is 1. The molecule has 12 rings (SSSR count). The van der Waals surface area contributed by atoms with Crippen LogP contribution in [0.25, 0.3) is 5.57 Å². The van der Waals surface area contributed by atoms with Crippen molar-refractivity contribution in [2.75, 3.05) is 87.9 Å². The normalized spacial score (nSPS) is 17.8. The molecular formula is C76H83N11O15. The molecular weight excluding hydrogens is 1310 g/mol. The Hall–Kier alpha value is -11.2. The van der Waals surface area contributed by atoms with Crippen molar-refractivity contribution >= 4 is 75.6 Å². The Balaban J connectivity index is 0.597. The van der Waals surface area contributed by atoms with E-state index in [1.54, 1.807) is 101 Å². The van der Waals surface area contributed by atoms with Crippen LogP contribution in [0.1, 0.15) is 114 Å². The van der Waals surface area contributed by atoms with Gasteiger partial charge in [-0.05, 0) is 115 Å². The number of benzene rings is 5. The Morgan fingerprint density at radius 2 is 1.42 bits per heavy atom. The van der Waals surface area contributed by atoms with Gasteiger partial charge in [0.05, 0.1) is 101 Å². The predicted molar refractivity (Wildman–Crippen MR) is 377 cm³/mol. The van der Waals surface area contributed by atoms with Gasteiger partial charge in [0.15, 0.2) is 23.0 Å². The molecule has 1 aromatic heterocycles. The summed E-state index contributed by atoms with van der Waals surface area (Å²) in [4.78, 5) is 119. The number of aliphatic hydroxyl groups excluding tert-OH is 1. The fourth-order valence-electron chi connectivity index (χ4n) is 13.3. The largest absolute Gasteiger partial charge is 0.493 e. The zero-order valence-corrected chi connectivity index (χ0v) is 57.7. The lowest BCUT2D eigenvalue weighted by Crippen LogP contribution is -2.55. The Labute approximate surface area is 590 Å². The molecule has 102 heavy (non-hydrogen) atoms. The second kappa shape index (κ2) is 31.2. The fourth-order valence-corrected chi connectivity index (χ4v) is 13.3. The Morgan fingerprint density at radius 1 is 0.725 bits per heavy atom. The molecule has 1 saturated carbocycles. The summed E-state index contributed by atoms with van der Waals surface area (Å²) in [6.07, 6.45) is 5.82. The van der Waals surface area contributed by atoms with Crippen molar-refractivity contribution in [3.63, 3.8) is 0 Å². The van der Waals surface area contributed by atoms with Crippen molar-refractivity contribution in [2.24, 2.45) is 11.3 Å². The monoisotopic (exact) mass is 1390 g/mol. The van der Waals surface area contributed by atoms with Crippen LogP contribution in [-0.2, 0) is 46.7 Å². The first-order chi connectivity index (χ1) is 49.3. The average molecular weight is 1390 g/mol. The average Bonchev–Trinajstić information content (AvgIpc) is 1.57. The van der Waals surface area contributed by atoms with Crippen molar-refractivity contribution in [2.45, 2.75) is 109 Å². The van der Waals surface area contributed by atoms with Gasteiger partial charge in [-0.2, -0.15) is 0 Å². The van der Waals surface area contributed by atoms with E-state index in [2.05, 4.69) is 48.7 Å². The van der Waals surface area contributed by atoms with Gasteiger partial charge in [-0.3, -0.25) is 38.4 Å². The topological polar surface area (TPSA) is 310 Å². The van der Waals surface area contributed by atoms with E-state index in [-0.39, 0.29) is 75.1 Å². The molecule has 532 valence electrons. The van der Waals surface area contributed by atoms with E-state index in [4.69, 9.17) is 28.4 Å². The first kappa shape index (κ1) is 70.7. The summed E-state index contributed by atoms with van der Waals surface area (Å²) in [5, 5.41) is 28.7. The highest BCUT2D eigenvalue weighted by atomic mass is 16.5. The number of amides is 8. The van der Waals surface area contributed by atoms with Crippen LogP contribution in [0.5, 0.6) is 28.9 Å². The molecule has 26 heteroatoms. The summed E-state index contributed by atoms with van der Waals surface area (Å²) in [7, 11) is 4.59. The van der Waals surface area contributed by atoms with Crippen molar-refractivity contribution in [3.8, 4) is 40.7 Å². The molecule has 6 heterocycles. The number of rotatable bonds is 27.